The number of carbonyl (C=O) groups is 2. The molecule has 3 aliphatic rings. The predicted octanol–water partition coefficient (Wildman–Crippen LogP) is 4.06. The highest BCUT2D eigenvalue weighted by Gasteiger charge is 2.42. The molecular formula is C22H40N4O2. The number of hydrogen-bond acceptors (Lipinski definition) is 2. The number of urea groups is 2. The van der Waals surface area contributed by atoms with Crippen LogP contribution in [0.1, 0.15) is 91.4 Å². The van der Waals surface area contributed by atoms with Gasteiger partial charge in [0.05, 0.1) is 0 Å². The molecule has 4 amide bonds. The van der Waals surface area contributed by atoms with E-state index >= 15 is 0 Å². The van der Waals surface area contributed by atoms with Crippen LogP contribution in [0.3, 0.4) is 0 Å². The minimum absolute atomic E-state index is 0.0138. The maximum atomic E-state index is 12.4. The average molecular weight is 393 g/mol. The Bertz CT molecular complexity index is 553. The van der Waals surface area contributed by atoms with E-state index in [4.69, 9.17) is 0 Å². The lowest BCUT2D eigenvalue weighted by Crippen LogP contribution is -2.54. The number of nitrogens with one attached hydrogen (secondary N) is 4. The van der Waals surface area contributed by atoms with Gasteiger partial charge in [0, 0.05) is 24.7 Å². The van der Waals surface area contributed by atoms with E-state index in [1.54, 1.807) is 0 Å². The molecule has 3 rings (SSSR count). The zero-order valence-corrected chi connectivity index (χ0v) is 18.0. The maximum Gasteiger partial charge on any atom is 0.315 e. The van der Waals surface area contributed by atoms with Gasteiger partial charge in [-0.1, -0.05) is 46.5 Å². The first kappa shape index (κ1) is 21.3. The van der Waals surface area contributed by atoms with Gasteiger partial charge in [-0.15, -0.1) is 0 Å². The van der Waals surface area contributed by atoms with Gasteiger partial charge < -0.3 is 21.3 Å². The Labute approximate surface area is 170 Å². The quantitative estimate of drug-likeness (QED) is 0.569. The van der Waals surface area contributed by atoms with Crippen molar-refractivity contribution in [2.45, 2.75) is 110 Å². The highest BCUT2D eigenvalue weighted by atomic mass is 16.2. The molecule has 28 heavy (non-hydrogen) atoms. The van der Waals surface area contributed by atoms with Crippen molar-refractivity contribution in [1.29, 1.82) is 0 Å². The molecule has 4 N–H and O–H groups in total. The van der Waals surface area contributed by atoms with Gasteiger partial charge in [0.15, 0.2) is 0 Å². The zero-order valence-electron chi connectivity index (χ0n) is 18.0. The summed E-state index contributed by atoms with van der Waals surface area (Å²) in [7, 11) is 0. The van der Waals surface area contributed by atoms with Crippen molar-refractivity contribution in [3.05, 3.63) is 0 Å². The first-order chi connectivity index (χ1) is 13.2. The third-order valence-electron chi connectivity index (χ3n) is 6.84. The van der Waals surface area contributed by atoms with E-state index in [9.17, 15) is 9.59 Å². The fraction of sp³-hybridized carbons (Fsp3) is 0.909. The second-order valence-electron chi connectivity index (χ2n) is 10.7. The summed E-state index contributed by atoms with van der Waals surface area (Å²) in [5, 5.41) is 12.6. The van der Waals surface area contributed by atoms with Gasteiger partial charge in [0.1, 0.15) is 0 Å². The molecule has 0 aromatic rings. The molecule has 0 radical (unpaired) electrons. The minimum Gasteiger partial charge on any atom is -0.338 e. The molecule has 6 nitrogen and oxygen atoms in total. The Morgan fingerprint density at radius 1 is 0.750 bits per heavy atom. The molecule has 160 valence electrons. The lowest BCUT2D eigenvalue weighted by molar-refractivity contribution is 0.0746. The van der Waals surface area contributed by atoms with Crippen molar-refractivity contribution in [3.8, 4) is 0 Å². The third-order valence-corrected chi connectivity index (χ3v) is 6.84. The smallest absolute Gasteiger partial charge is 0.315 e. The average Bonchev–Trinajstić information content (AvgIpc) is 3.25. The van der Waals surface area contributed by atoms with E-state index < -0.39 is 0 Å². The topological polar surface area (TPSA) is 82.3 Å². The van der Waals surface area contributed by atoms with Gasteiger partial charge >= 0.3 is 12.1 Å². The predicted molar refractivity (Wildman–Crippen MR) is 112 cm³/mol. The molecule has 0 unspecified atom stereocenters. The molecule has 3 saturated carbocycles. The second kappa shape index (κ2) is 8.91. The summed E-state index contributed by atoms with van der Waals surface area (Å²) in [6.07, 6.45) is 12.2. The zero-order chi connectivity index (χ0) is 20.2. The lowest BCUT2D eigenvalue weighted by atomic mass is 9.62. The van der Waals surface area contributed by atoms with Crippen LogP contribution in [0.2, 0.25) is 0 Å². The summed E-state index contributed by atoms with van der Waals surface area (Å²) < 4.78 is 0. The van der Waals surface area contributed by atoms with E-state index in [1.807, 2.05) is 0 Å². The van der Waals surface area contributed by atoms with Crippen LogP contribution in [0.4, 0.5) is 9.59 Å². The van der Waals surface area contributed by atoms with Crippen molar-refractivity contribution in [2.24, 2.45) is 10.8 Å². The van der Waals surface area contributed by atoms with E-state index in [0.29, 0.717) is 18.6 Å². The summed E-state index contributed by atoms with van der Waals surface area (Å²) >= 11 is 0. The largest absolute Gasteiger partial charge is 0.338 e. The van der Waals surface area contributed by atoms with Crippen LogP contribution in [-0.4, -0.2) is 36.7 Å². The Morgan fingerprint density at radius 2 is 1.25 bits per heavy atom. The summed E-state index contributed by atoms with van der Waals surface area (Å²) in [5.41, 5.74) is 0.127. The van der Waals surface area contributed by atoms with Crippen molar-refractivity contribution in [3.63, 3.8) is 0 Å². The molecular weight excluding hydrogens is 352 g/mol. The van der Waals surface area contributed by atoms with E-state index in [2.05, 4.69) is 42.0 Å². The highest BCUT2D eigenvalue weighted by molar-refractivity contribution is 5.75. The molecule has 6 heteroatoms. The van der Waals surface area contributed by atoms with Crippen LogP contribution < -0.4 is 21.3 Å². The number of amides is 4. The minimum atomic E-state index is -0.0417. The van der Waals surface area contributed by atoms with Crippen molar-refractivity contribution in [1.82, 2.24) is 21.3 Å². The molecule has 0 aromatic heterocycles. The van der Waals surface area contributed by atoms with Crippen LogP contribution in [0.5, 0.6) is 0 Å². The molecule has 0 aromatic carbocycles. The van der Waals surface area contributed by atoms with Crippen LogP contribution in [-0.2, 0) is 0 Å². The van der Waals surface area contributed by atoms with E-state index in [0.717, 1.165) is 44.9 Å². The van der Waals surface area contributed by atoms with Crippen LogP contribution in [0.25, 0.3) is 0 Å². The number of carbonyl (C=O) groups excluding carboxylic acids is 2. The monoisotopic (exact) mass is 392 g/mol. The molecule has 0 spiro atoms. The molecule has 0 heterocycles. The van der Waals surface area contributed by atoms with Crippen molar-refractivity contribution in [2.75, 3.05) is 6.54 Å². The number of hydrogen-bond donors (Lipinski definition) is 4. The SMILES string of the molecule is CC1(C)C[C@H](NC(=O)NC2CCCC2)C[C@@](C)(CNC(=O)NC2CCCC2)C1. The normalized spacial score (nSPS) is 30.8. The third kappa shape index (κ3) is 6.28. The molecule has 3 fully saturated rings. The van der Waals surface area contributed by atoms with Crippen LogP contribution in [0, 0.1) is 10.8 Å². The summed E-state index contributed by atoms with van der Waals surface area (Å²) in [6.45, 7) is 7.43. The molecule has 2 atom stereocenters. The fourth-order valence-corrected chi connectivity index (χ4v) is 5.95. The van der Waals surface area contributed by atoms with Crippen LogP contribution in [0.15, 0.2) is 0 Å². The molecule has 0 bridgehead atoms. The van der Waals surface area contributed by atoms with Crippen molar-refractivity contribution < 1.29 is 9.59 Å². The fourth-order valence-electron chi connectivity index (χ4n) is 5.95. The standard InChI is InChI=1S/C22H40N4O2/c1-21(2)12-18(26-20(28)25-17-10-6-7-11-17)13-22(3,14-21)15-23-19(27)24-16-8-4-5-9-16/h16-18H,4-15H2,1-3H3,(H2,23,24,27)(H2,25,26,28)/t18-,22+/m0/s1. The summed E-state index contributed by atoms with van der Waals surface area (Å²) in [6, 6.07) is 0.756. The first-order valence-corrected chi connectivity index (χ1v) is 11.3. The summed E-state index contributed by atoms with van der Waals surface area (Å²) in [4.78, 5) is 24.7. The Balaban J connectivity index is 1.49. The van der Waals surface area contributed by atoms with E-state index in [-0.39, 0.29) is 28.9 Å². The molecule has 0 aliphatic heterocycles. The molecule has 3 aliphatic carbocycles. The van der Waals surface area contributed by atoms with Gasteiger partial charge in [-0.3, -0.25) is 0 Å². The van der Waals surface area contributed by atoms with Gasteiger partial charge in [0.25, 0.3) is 0 Å². The highest BCUT2D eigenvalue weighted by Crippen LogP contribution is 2.45. The Kier molecular flexibility index (Phi) is 6.77. The lowest BCUT2D eigenvalue weighted by Gasteiger charge is -2.47. The Hall–Kier alpha value is -1.46. The van der Waals surface area contributed by atoms with Gasteiger partial charge in [-0.2, -0.15) is 0 Å². The van der Waals surface area contributed by atoms with Crippen molar-refractivity contribution >= 4 is 12.1 Å². The maximum absolute atomic E-state index is 12.4. The first-order valence-electron chi connectivity index (χ1n) is 11.3. The molecule has 0 saturated heterocycles. The summed E-state index contributed by atoms with van der Waals surface area (Å²) in [5.74, 6) is 0. The second-order valence-corrected chi connectivity index (χ2v) is 10.7. The van der Waals surface area contributed by atoms with Gasteiger partial charge in [-0.25, -0.2) is 9.59 Å². The number of rotatable bonds is 5. The Morgan fingerprint density at radius 3 is 1.82 bits per heavy atom. The van der Waals surface area contributed by atoms with E-state index in [1.165, 1.54) is 25.7 Å². The van der Waals surface area contributed by atoms with Gasteiger partial charge in [-0.05, 0) is 55.8 Å². The van der Waals surface area contributed by atoms with Crippen LogP contribution >= 0.6 is 0 Å². The van der Waals surface area contributed by atoms with Gasteiger partial charge in [0.2, 0.25) is 0 Å².